The van der Waals surface area contributed by atoms with E-state index < -0.39 is 23.0 Å². The number of nitro groups is 1. The number of ether oxygens (including phenoxy) is 1. The third-order valence-corrected chi connectivity index (χ3v) is 4.86. The summed E-state index contributed by atoms with van der Waals surface area (Å²) in [4.78, 5) is 34.9. The molecule has 34 heavy (non-hydrogen) atoms. The lowest BCUT2D eigenvalue weighted by molar-refractivity contribution is -0.384. The SMILES string of the molecule is CCOC(=O)N[C@@H](CC(=O)N/N=C\c1ccc(-c2cc([N+](=O)[O-])ccc2C)o1)c1ccccc1. The summed E-state index contributed by atoms with van der Waals surface area (Å²) >= 11 is 0. The summed E-state index contributed by atoms with van der Waals surface area (Å²) in [6.07, 6.45) is 0.646. The Kier molecular flexibility index (Phi) is 8.11. The van der Waals surface area contributed by atoms with E-state index in [1.807, 2.05) is 25.1 Å². The first-order valence-corrected chi connectivity index (χ1v) is 10.5. The van der Waals surface area contributed by atoms with Crippen LogP contribution in [0.3, 0.4) is 0 Å². The molecule has 0 saturated carbocycles. The summed E-state index contributed by atoms with van der Waals surface area (Å²) in [5.41, 5.74) is 4.53. The number of non-ortho nitro benzene ring substituents is 1. The van der Waals surface area contributed by atoms with Crippen LogP contribution in [0.1, 0.15) is 36.3 Å². The van der Waals surface area contributed by atoms with Crippen LogP contribution in [0.25, 0.3) is 11.3 Å². The number of carbonyl (C=O) groups excluding carboxylic acids is 2. The lowest BCUT2D eigenvalue weighted by Gasteiger charge is -2.17. The summed E-state index contributed by atoms with van der Waals surface area (Å²) in [6, 6.07) is 16.3. The number of nitrogens with zero attached hydrogens (tertiary/aromatic N) is 2. The van der Waals surface area contributed by atoms with Crippen molar-refractivity contribution in [1.29, 1.82) is 0 Å². The number of alkyl carbamates (subject to hydrolysis) is 1. The quantitative estimate of drug-likeness (QED) is 0.272. The predicted octanol–water partition coefficient (Wildman–Crippen LogP) is 4.49. The molecule has 0 aliphatic rings. The topological polar surface area (TPSA) is 136 Å². The monoisotopic (exact) mass is 464 g/mol. The molecule has 0 aliphatic heterocycles. The molecule has 10 nitrogen and oxygen atoms in total. The predicted molar refractivity (Wildman–Crippen MR) is 125 cm³/mol. The van der Waals surface area contributed by atoms with Gasteiger partial charge in [-0.25, -0.2) is 10.2 Å². The minimum atomic E-state index is -0.618. The highest BCUT2D eigenvalue weighted by molar-refractivity contribution is 5.82. The zero-order valence-corrected chi connectivity index (χ0v) is 18.7. The number of hydrogen-bond acceptors (Lipinski definition) is 7. The Morgan fingerprint density at radius 1 is 1.18 bits per heavy atom. The number of aryl methyl sites for hydroxylation is 1. The third-order valence-electron chi connectivity index (χ3n) is 4.86. The summed E-state index contributed by atoms with van der Waals surface area (Å²) < 4.78 is 10.6. The first-order valence-electron chi connectivity index (χ1n) is 10.5. The van der Waals surface area contributed by atoms with Crippen molar-refractivity contribution >= 4 is 23.9 Å². The van der Waals surface area contributed by atoms with Crippen LogP contribution < -0.4 is 10.7 Å². The van der Waals surface area contributed by atoms with Gasteiger partial charge in [0.25, 0.3) is 5.69 Å². The van der Waals surface area contributed by atoms with Gasteiger partial charge in [-0.1, -0.05) is 36.4 Å². The summed E-state index contributed by atoms with van der Waals surface area (Å²) in [5, 5.41) is 17.6. The van der Waals surface area contributed by atoms with Crippen molar-refractivity contribution in [2.75, 3.05) is 6.61 Å². The Balaban J connectivity index is 1.64. The molecule has 1 atom stereocenters. The fourth-order valence-corrected chi connectivity index (χ4v) is 3.21. The molecule has 3 aromatic rings. The maximum Gasteiger partial charge on any atom is 0.407 e. The van der Waals surface area contributed by atoms with E-state index >= 15 is 0 Å². The maximum atomic E-state index is 12.4. The van der Waals surface area contributed by atoms with Crippen LogP contribution in [0.4, 0.5) is 10.5 Å². The van der Waals surface area contributed by atoms with Crippen LogP contribution in [0.5, 0.6) is 0 Å². The Labute approximate surface area is 195 Å². The molecular weight excluding hydrogens is 440 g/mol. The van der Waals surface area contributed by atoms with Gasteiger partial charge in [0.2, 0.25) is 5.91 Å². The highest BCUT2D eigenvalue weighted by Crippen LogP contribution is 2.28. The number of nitrogens with one attached hydrogen (secondary N) is 2. The van der Waals surface area contributed by atoms with E-state index in [0.717, 1.165) is 11.1 Å². The highest BCUT2D eigenvalue weighted by Gasteiger charge is 2.19. The Morgan fingerprint density at radius 2 is 1.94 bits per heavy atom. The van der Waals surface area contributed by atoms with Crippen molar-refractivity contribution in [2.24, 2.45) is 5.10 Å². The number of amides is 2. The molecule has 0 radical (unpaired) electrons. The average molecular weight is 464 g/mol. The van der Waals surface area contributed by atoms with Gasteiger partial charge in [-0.05, 0) is 37.1 Å². The number of furan rings is 1. The largest absolute Gasteiger partial charge is 0.455 e. The second-order valence-corrected chi connectivity index (χ2v) is 7.28. The van der Waals surface area contributed by atoms with Crippen LogP contribution in [-0.2, 0) is 9.53 Å². The minimum absolute atomic E-state index is 0.0381. The molecule has 10 heteroatoms. The van der Waals surface area contributed by atoms with E-state index in [4.69, 9.17) is 9.15 Å². The van der Waals surface area contributed by atoms with Gasteiger partial charge in [0.05, 0.1) is 30.2 Å². The molecule has 1 heterocycles. The lowest BCUT2D eigenvalue weighted by Crippen LogP contribution is -2.33. The molecule has 0 saturated heterocycles. The minimum Gasteiger partial charge on any atom is -0.455 e. The molecule has 0 fully saturated rings. The number of rotatable bonds is 9. The fourth-order valence-electron chi connectivity index (χ4n) is 3.21. The second-order valence-electron chi connectivity index (χ2n) is 7.28. The molecule has 2 amide bonds. The first kappa shape index (κ1) is 24.2. The van der Waals surface area contributed by atoms with Crippen molar-refractivity contribution in [2.45, 2.75) is 26.3 Å². The van der Waals surface area contributed by atoms with Crippen LogP contribution >= 0.6 is 0 Å². The van der Waals surface area contributed by atoms with Crippen LogP contribution in [0.15, 0.2) is 70.2 Å². The molecule has 0 unspecified atom stereocenters. The molecule has 0 bridgehead atoms. The van der Waals surface area contributed by atoms with Crippen molar-refractivity contribution in [3.63, 3.8) is 0 Å². The van der Waals surface area contributed by atoms with Gasteiger partial charge in [-0.3, -0.25) is 14.9 Å². The zero-order valence-electron chi connectivity index (χ0n) is 18.7. The number of hydrazone groups is 1. The molecule has 2 aromatic carbocycles. The molecule has 176 valence electrons. The van der Waals surface area contributed by atoms with Crippen LogP contribution in [0, 0.1) is 17.0 Å². The molecule has 2 N–H and O–H groups in total. The van der Waals surface area contributed by atoms with E-state index in [-0.39, 0.29) is 18.7 Å². The van der Waals surface area contributed by atoms with E-state index in [2.05, 4.69) is 15.8 Å². The maximum absolute atomic E-state index is 12.4. The summed E-state index contributed by atoms with van der Waals surface area (Å²) in [6.45, 7) is 3.73. The van der Waals surface area contributed by atoms with Crippen molar-refractivity contribution in [3.8, 4) is 11.3 Å². The van der Waals surface area contributed by atoms with E-state index in [1.165, 1.54) is 18.3 Å². The first-order chi connectivity index (χ1) is 16.4. The molecule has 0 spiro atoms. The number of hydrogen-bond donors (Lipinski definition) is 2. The van der Waals surface area contributed by atoms with Crippen LogP contribution in [-0.4, -0.2) is 29.7 Å². The zero-order chi connectivity index (χ0) is 24.5. The van der Waals surface area contributed by atoms with Crippen molar-refractivity contribution < 1.29 is 23.7 Å². The lowest BCUT2D eigenvalue weighted by atomic mass is 10.0. The Hall–Kier alpha value is -4.47. The fraction of sp³-hybridized carbons (Fsp3) is 0.208. The molecular formula is C24H24N4O6. The van der Waals surface area contributed by atoms with Gasteiger partial charge in [-0.15, -0.1) is 0 Å². The highest BCUT2D eigenvalue weighted by atomic mass is 16.6. The third kappa shape index (κ3) is 6.52. The number of benzene rings is 2. The molecule has 0 aliphatic carbocycles. The Morgan fingerprint density at radius 3 is 2.65 bits per heavy atom. The van der Waals surface area contributed by atoms with Crippen LogP contribution in [0.2, 0.25) is 0 Å². The number of nitro benzene ring substituents is 1. The Bertz CT molecular complexity index is 1190. The van der Waals surface area contributed by atoms with E-state index in [9.17, 15) is 19.7 Å². The van der Waals surface area contributed by atoms with Crippen molar-refractivity contribution in [3.05, 3.63) is 87.7 Å². The molecule has 1 aromatic heterocycles. The molecule has 3 rings (SSSR count). The summed E-state index contributed by atoms with van der Waals surface area (Å²) in [5.74, 6) is 0.366. The van der Waals surface area contributed by atoms with Gasteiger partial charge in [0, 0.05) is 17.7 Å². The smallest absolute Gasteiger partial charge is 0.407 e. The average Bonchev–Trinajstić information content (AvgIpc) is 3.28. The second kappa shape index (κ2) is 11.4. The summed E-state index contributed by atoms with van der Waals surface area (Å²) in [7, 11) is 0. The van der Waals surface area contributed by atoms with Gasteiger partial charge in [-0.2, -0.15) is 5.10 Å². The van der Waals surface area contributed by atoms with Gasteiger partial charge < -0.3 is 14.5 Å². The number of carbonyl (C=O) groups is 2. The van der Waals surface area contributed by atoms with Gasteiger partial charge in [0.15, 0.2) is 0 Å². The van der Waals surface area contributed by atoms with E-state index in [0.29, 0.717) is 17.1 Å². The van der Waals surface area contributed by atoms with E-state index in [1.54, 1.807) is 37.3 Å². The standard InChI is InChI=1S/C24H24N4O6/c1-3-33-24(30)26-21(17-7-5-4-6-8-17)14-23(29)27-25-15-19-11-12-22(34-19)20-13-18(28(31)32)10-9-16(20)2/h4-13,15,21H,3,14H2,1-2H3,(H,26,30)(H,27,29)/b25-15-/t21-/m0/s1. The van der Waals surface area contributed by atoms with Gasteiger partial charge in [0.1, 0.15) is 11.5 Å². The van der Waals surface area contributed by atoms with Crippen molar-refractivity contribution in [1.82, 2.24) is 10.7 Å². The normalized spacial score (nSPS) is 11.7. The van der Waals surface area contributed by atoms with Gasteiger partial charge >= 0.3 is 6.09 Å².